The highest BCUT2D eigenvalue weighted by molar-refractivity contribution is 5.89. The molecule has 2 aromatic carbocycles. The maximum Gasteiger partial charge on any atom is 0.231 e. The summed E-state index contributed by atoms with van der Waals surface area (Å²) in [6.07, 6.45) is 1.13. The number of hydrogen-bond acceptors (Lipinski definition) is 7. The molecule has 8 heteroatoms. The summed E-state index contributed by atoms with van der Waals surface area (Å²) >= 11 is 0. The Hall–Kier alpha value is -2.84. The van der Waals surface area contributed by atoms with Crippen LogP contribution in [-0.2, 0) is 12.8 Å². The summed E-state index contributed by atoms with van der Waals surface area (Å²) in [4.78, 5) is 0. The molecule has 2 aliphatic heterocycles. The fraction of sp³-hybridized carbons (Fsp3) is 0.455. The summed E-state index contributed by atoms with van der Waals surface area (Å²) in [7, 11) is 8.13. The van der Waals surface area contributed by atoms with Crippen molar-refractivity contribution in [3.63, 3.8) is 0 Å². The predicted octanol–water partition coefficient (Wildman–Crippen LogP) is 3.21. The lowest BCUT2D eigenvalue weighted by molar-refractivity contribution is -0.894. The first-order chi connectivity index (χ1) is 14.5. The second kappa shape index (κ2) is 6.58. The van der Waals surface area contributed by atoms with Gasteiger partial charge in [0.25, 0.3) is 0 Å². The van der Waals surface area contributed by atoms with Crippen LogP contribution in [0.5, 0.6) is 34.5 Å². The third kappa shape index (κ3) is 2.34. The van der Waals surface area contributed by atoms with Gasteiger partial charge in [-0.1, -0.05) is 0 Å². The number of hydrogen-bond donors (Lipinski definition) is 0. The Morgan fingerprint density at radius 2 is 1.63 bits per heavy atom. The largest absolute Gasteiger partial charge is 0.633 e. The van der Waals surface area contributed by atoms with E-state index in [1.807, 2.05) is 6.07 Å². The minimum atomic E-state index is -0.375. The van der Waals surface area contributed by atoms with Crippen LogP contribution in [0.3, 0.4) is 0 Å². The Kier molecular flexibility index (Phi) is 4.20. The minimum Gasteiger partial charge on any atom is -0.633 e. The third-order valence-electron chi connectivity index (χ3n) is 6.52. The third-order valence-corrected chi connectivity index (χ3v) is 6.52. The van der Waals surface area contributed by atoms with Gasteiger partial charge in [0.1, 0.15) is 6.04 Å². The van der Waals surface area contributed by atoms with Crippen molar-refractivity contribution in [2.24, 2.45) is 0 Å². The summed E-state index contributed by atoms with van der Waals surface area (Å²) in [6, 6.07) is 1.62. The van der Waals surface area contributed by atoms with Gasteiger partial charge in [-0.2, -0.15) is 0 Å². The van der Waals surface area contributed by atoms with Crippen LogP contribution >= 0.6 is 0 Å². The maximum absolute atomic E-state index is 13.5. The molecule has 1 aliphatic carbocycles. The molecule has 0 saturated heterocycles. The van der Waals surface area contributed by atoms with Crippen molar-refractivity contribution in [3.05, 3.63) is 28.0 Å². The van der Waals surface area contributed by atoms with Crippen LogP contribution in [0.25, 0.3) is 11.1 Å². The number of nitrogens with zero attached hydrogens (tertiary/aromatic N) is 1. The number of hydroxylamine groups is 3. The van der Waals surface area contributed by atoms with Crippen LogP contribution in [0.15, 0.2) is 6.07 Å². The number of ether oxygens (including phenoxy) is 6. The summed E-state index contributed by atoms with van der Waals surface area (Å²) in [5.41, 5.74) is 4.67. The molecule has 0 bridgehead atoms. The van der Waals surface area contributed by atoms with Gasteiger partial charge in [-0.25, -0.2) is 0 Å². The molecule has 0 aromatic heterocycles. The van der Waals surface area contributed by atoms with Gasteiger partial charge in [-0.3, -0.25) is 0 Å². The van der Waals surface area contributed by atoms with Gasteiger partial charge in [0.15, 0.2) is 23.0 Å². The molecule has 0 amide bonds. The van der Waals surface area contributed by atoms with Crippen LogP contribution in [0, 0.1) is 5.21 Å². The molecule has 5 rings (SSSR count). The topological polar surface area (TPSA) is 78.4 Å². The van der Waals surface area contributed by atoms with Gasteiger partial charge < -0.3 is 38.3 Å². The zero-order chi connectivity index (χ0) is 21.2. The maximum atomic E-state index is 13.5. The second-order valence-electron chi connectivity index (χ2n) is 7.90. The Balaban J connectivity index is 1.92. The van der Waals surface area contributed by atoms with Crippen molar-refractivity contribution in [1.82, 2.24) is 0 Å². The first kappa shape index (κ1) is 19.1. The van der Waals surface area contributed by atoms with E-state index in [0.717, 1.165) is 27.8 Å². The first-order valence-electron chi connectivity index (χ1n) is 9.87. The van der Waals surface area contributed by atoms with Gasteiger partial charge in [0.05, 0.1) is 42.0 Å². The van der Waals surface area contributed by atoms with Crippen LogP contribution < -0.4 is 28.4 Å². The van der Waals surface area contributed by atoms with E-state index in [-0.39, 0.29) is 17.5 Å². The molecule has 2 heterocycles. The van der Waals surface area contributed by atoms with E-state index in [0.29, 0.717) is 53.9 Å². The second-order valence-corrected chi connectivity index (χ2v) is 7.90. The van der Waals surface area contributed by atoms with Crippen LogP contribution in [0.4, 0.5) is 0 Å². The highest BCUT2D eigenvalue weighted by Gasteiger charge is 2.46. The predicted molar refractivity (Wildman–Crippen MR) is 109 cm³/mol. The van der Waals surface area contributed by atoms with Crippen LogP contribution in [-0.4, -0.2) is 53.5 Å². The molecule has 3 aliphatic rings. The average molecular weight is 415 g/mol. The van der Waals surface area contributed by atoms with Gasteiger partial charge >= 0.3 is 0 Å². The van der Waals surface area contributed by atoms with Gasteiger partial charge in [-0.05, 0) is 11.6 Å². The quantitative estimate of drug-likeness (QED) is 0.560. The summed E-state index contributed by atoms with van der Waals surface area (Å²) < 4.78 is 34.0. The molecular formula is C22H25NO7. The van der Waals surface area contributed by atoms with Crippen molar-refractivity contribution in [3.8, 4) is 45.6 Å². The summed E-state index contributed by atoms with van der Waals surface area (Å²) in [6.45, 7) is 0.563. The number of methoxy groups -OCH3 is 4. The van der Waals surface area contributed by atoms with Crippen molar-refractivity contribution in [2.75, 3.05) is 48.8 Å². The zero-order valence-corrected chi connectivity index (χ0v) is 17.8. The van der Waals surface area contributed by atoms with Gasteiger partial charge in [0.2, 0.25) is 18.3 Å². The highest BCUT2D eigenvalue weighted by Crippen LogP contribution is 2.61. The molecular weight excluding hydrogens is 390 g/mol. The van der Waals surface area contributed by atoms with E-state index < -0.39 is 0 Å². The molecule has 30 heavy (non-hydrogen) atoms. The lowest BCUT2D eigenvalue weighted by Gasteiger charge is -2.51. The standard InChI is InChI=1S/C22H25NO7/c1-23(24)7-6-11-16-14(23)8-13-12(9-15(25-2)20(28-5)19(13)27-4)17(16)21-22(18(11)26-3)30-10-29-21/h9,14H,6-8,10H2,1-5H3/t14-,23?/m0/s1. The van der Waals surface area contributed by atoms with Crippen LogP contribution in [0.1, 0.15) is 22.7 Å². The van der Waals surface area contributed by atoms with E-state index in [4.69, 9.17) is 28.4 Å². The molecule has 0 fully saturated rings. The molecule has 0 saturated carbocycles. The lowest BCUT2D eigenvalue weighted by atomic mass is 9.75. The molecule has 1 unspecified atom stereocenters. The monoisotopic (exact) mass is 415 g/mol. The highest BCUT2D eigenvalue weighted by atomic mass is 16.7. The Morgan fingerprint density at radius 3 is 2.30 bits per heavy atom. The zero-order valence-electron chi connectivity index (χ0n) is 17.8. The van der Waals surface area contributed by atoms with Gasteiger partial charge in [0, 0.05) is 35.1 Å². The molecule has 0 spiro atoms. The van der Waals surface area contributed by atoms with Crippen LogP contribution in [0.2, 0.25) is 0 Å². The molecule has 160 valence electrons. The normalized spacial score (nSPS) is 22.8. The summed E-state index contributed by atoms with van der Waals surface area (Å²) in [5.74, 6) is 3.51. The molecule has 0 radical (unpaired) electrons. The van der Waals surface area contributed by atoms with E-state index in [1.165, 1.54) is 0 Å². The first-order valence-corrected chi connectivity index (χ1v) is 9.87. The number of likely N-dealkylation sites (N-methyl/N-ethyl adjacent to an activating group) is 1. The number of rotatable bonds is 4. The number of fused-ring (bicyclic) bond motifs is 4. The van der Waals surface area contributed by atoms with E-state index in [1.54, 1.807) is 35.5 Å². The molecule has 2 aromatic rings. The van der Waals surface area contributed by atoms with Crippen molar-refractivity contribution in [1.29, 1.82) is 0 Å². The average Bonchev–Trinajstić information content (AvgIpc) is 3.23. The van der Waals surface area contributed by atoms with Gasteiger partial charge in [-0.15, -0.1) is 0 Å². The number of benzene rings is 2. The number of quaternary nitrogens is 1. The fourth-order valence-corrected chi connectivity index (χ4v) is 5.16. The smallest absolute Gasteiger partial charge is 0.231 e. The van der Waals surface area contributed by atoms with E-state index in [2.05, 4.69) is 0 Å². The fourth-order valence-electron chi connectivity index (χ4n) is 5.16. The molecule has 0 N–H and O–H groups in total. The Morgan fingerprint density at radius 1 is 0.933 bits per heavy atom. The molecule has 8 nitrogen and oxygen atoms in total. The van der Waals surface area contributed by atoms with Crippen molar-refractivity contribution < 1.29 is 33.1 Å². The molecule has 2 atom stereocenters. The minimum absolute atomic E-state index is 0.107. The summed E-state index contributed by atoms with van der Waals surface area (Å²) in [5, 5.41) is 13.5. The SMILES string of the molecule is COc1cc2c(c(OC)c1OC)C[C@H]1c3c(c(OC)c4c(c3-2)OCO4)CC[N+]1(C)[O-]. The van der Waals surface area contributed by atoms with E-state index in [9.17, 15) is 5.21 Å². The van der Waals surface area contributed by atoms with E-state index >= 15 is 0 Å². The van der Waals surface area contributed by atoms with Crippen molar-refractivity contribution >= 4 is 0 Å². The Labute approximate surface area is 175 Å². The van der Waals surface area contributed by atoms with Crippen molar-refractivity contribution in [2.45, 2.75) is 18.9 Å². The lowest BCUT2D eigenvalue weighted by Crippen LogP contribution is -2.48. The Bertz CT molecular complexity index is 1050.